The van der Waals surface area contributed by atoms with E-state index in [1.165, 1.54) is 12.3 Å². The minimum absolute atomic E-state index is 0. The third kappa shape index (κ3) is 12.2. The maximum absolute atomic E-state index is 10.8. The number of hydrogen-bond acceptors (Lipinski definition) is 6. The molecule has 0 bridgehead atoms. The summed E-state index contributed by atoms with van der Waals surface area (Å²) in [4.78, 5) is 33.6. The van der Waals surface area contributed by atoms with Crippen LogP contribution in [0.4, 0.5) is 5.82 Å². The van der Waals surface area contributed by atoms with Gasteiger partial charge in [-0.2, -0.15) is 4.98 Å². The van der Waals surface area contributed by atoms with Crippen LogP contribution in [0.15, 0.2) is 17.1 Å². The average Bonchev–Trinajstić information content (AvgIpc) is 2.22. The second-order valence-corrected chi connectivity index (χ2v) is 4.51. The molecular formula is C7H14N3Na2O6P. The van der Waals surface area contributed by atoms with Crippen molar-refractivity contribution < 1.29 is 23.8 Å². The van der Waals surface area contributed by atoms with Crippen LogP contribution in [0.25, 0.3) is 0 Å². The van der Waals surface area contributed by atoms with Gasteiger partial charge in [0.2, 0.25) is 0 Å². The standard InChI is InChI=1S/C7H12N3O6P.2Na.2H/c11-7-8-2-1-6(10-7)9-3-15-4-16-5-17(12,13)14;;;;/h1-2H,3-5H2,(H2,12,13,14)(H2,8,9,10,11);;;;. The summed E-state index contributed by atoms with van der Waals surface area (Å²) in [5.41, 5.74) is -0.493. The molecule has 0 amide bonds. The molecule has 1 aromatic rings. The van der Waals surface area contributed by atoms with Gasteiger partial charge in [0, 0.05) is 6.20 Å². The molecule has 100 valence electrons. The van der Waals surface area contributed by atoms with E-state index in [0.717, 1.165) is 0 Å². The Bertz CT molecular complexity index is 452. The topological polar surface area (TPSA) is 134 Å². The fourth-order valence-electron chi connectivity index (χ4n) is 0.851. The van der Waals surface area contributed by atoms with Gasteiger partial charge in [0.25, 0.3) is 0 Å². The quantitative estimate of drug-likeness (QED) is 0.196. The van der Waals surface area contributed by atoms with Gasteiger partial charge in [0.1, 0.15) is 19.3 Å². The Morgan fingerprint density at radius 1 is 1.37 bits per heavy atom. The fourth-order valence-corrected chi connectivity index (χ4v) is 1.16. The van der Waals surface area contributed by atoms with E-state index in [0.29, 0.717) is 5.82 Å². The second-order valence-electron chi connectivity index (χ2n) is 2.92. The van der Waals surface area contributed by atoms with Crippen LogP contribution >= 0.6 is 7.60 Å². The molecule has 1 aromatic heterocycles. The molecule has 1 heterocycles. The van der Waals surface area contributed by atoms with Crippen LogP contribution in [0.1, 0.15) is 0 Å². The summed E-state index contributed by atoms with van der Waals surface area (Å²) in [6.45, 7) is -0.279. The summed E-state index contributed by atoms with van der Waals surface area (Å²) in [5.74, 6) is 0.323. The summed E-state index contributed by atoms with van der Waals surface area (Å²) in [7, 11) is -4.16. The molecular weight excluding hydrogens is 299 g/mol. The monoisotopic (exact) mass is 313 g/mol. The Hall–Kier alpha value is 0.750. The zero-order chi connectivity index (χ0) is 12.7. The van der Waals surface area contributed by atoms with Crippen LogP contribution in [0.2, 0.25) is 0 Å². The second kappa shape index (κ2) is 11.4. The van der Waals surface area contributed by atoms with E-state index in [4.69, 9.17) is 14.5 Å². The van der Waals surface area contributed by atoms with Crippen LogP contribution in [-0.4, -0.2) is 98.7 Å². The molecule has 0 fully saturated rings. The SMILES string of the molecule is O=c1nc(NCOCOCP(=O)(O)O)cc[nH]1.[NaH].[NaH]. The van der Waals surface area contributed by atoms with Gasteiger partial charge in [0.05, 0.1) is 0 Å². The number of ether oxygens (including phenoxy) is 2. The molecule has 0 aliphatic carbocycles. The van der Waals surface area contributed by atoms with Gasteiger partial charge in [-0.15, -0.1) is 0 Å². The zero-order valence-corrected chi connectivity index (χ0v) is 9.59. The number of H-pyrrole nitrogens is 1. The van der Waals surface area contributed by atoms with E-state index in [2.05, 4.69) is 20.0 Å². The predicted molar refractivity (Wildman–Crippen MR) is 71.6 cm³/mol. The Balaban J connectivity index is 0. The Kier molecular flexibility index (Phi) is 13.2. The third-order valence-corrected chi connectivity index (χ3v) is 1.97. The van der Waals surface area contributed by atoms with E-state index in [9.17, 15) is 9.36 Å². The van der Waals surface area contributed by atoms with Crippen molar-refractivity contribution in [2.24, 2.45) is 0 Å². The van der Waals surface area contributed by atoms with Gasteiger partial charge in [-0.3, -0.25) is 4.57 Å². The molecule has 0 aromatic carbocycles. The molecule has 19 heavy (non-hydrogen) atoms. The van der Waals surface area contributed by atoms with E-state index < -0.39 is 19.6 Å². The van der Waals surface area contributed by atoms with Crippen molar-refractivity contribution in [3.63, 3.8) is 0 Å². The maximum atomic E-state index is 10.8. The first-order valence-corrected chi connectivity index (χ1v) is 6.27. The van der Waals surface area contributed by atoms with Gasteiger partial charge >= 0.3 is 72.4 Å². The van der Waals surface area contributed by atoms with Crippen LogP contribution in [0, 0.1) is 0 Å². The molecule has 0 radical (unpaired) electrons. The Labute approximate surface area is 153 Å². The summed E-state index contributed by atoms with van der Waals surface area (Å²) in [5, 5.41) is 2.66. The van der Waals surface area contributed by atoms with Crippen LogP contribution in [-0.2, 0) is 14.0 Å². The van der Waals surface area contributed by atoms with Crippen molar-refractivity contribution in [3.8, 4) is 0 Å². The molecule has 0 saturated heterocycles. The molecule has 0 atom stereocenters. The molecule has 0 unspecified atom stereocenters. The van der Waals surface area contributed by atoms with Crippen LogP contribution in [0.5, 0.6) is 0 Å². The molecule has 1 rings (SSSR count). The Morgan fingerprint density at radius 3 is 2.63 bits per heavy atom. The van der Waals surface area contributed by atoms with Crippen molar-refractivity contribution in [1.29, 1.82) is 0 Å². The first-order valence-electron chi connectivity index (χ1n) is 4.47. The zero-order valence-electron chi connectivity index (χ0n) is 8.70. The number of aromatic amines is 1. The van der Waals surface area contributed by atoms with Gasteiger partial charge in [-0.25, -0.2) is 4.79 Å². The number of nitrogens with zero attached hydrogens (tertiary/aromatic N) is 1. The van der Waals surface area contributed by atoms with Gasteiger partial charge in [0.15, 0.2) is 6.35 Å². The summed E-state index contributed by atoms with van der Waals surface area (Å²) >= 11 is 0. The molecule has 0 saturated carbocycles. The van der Waals surface area contributed by atoms with E-state index >= 15 is 0 Å². The molecule has 4 N–H and O–H groups in total. The molecule has 0 aliphatic rings. The van der Waals surface area contributed by atoms with Gasteiger partial charge < -0.3 is 29.6 Å². The van der Waals surface area contributed by atoms with E-state index in [1.54, 1.807) is 0 Å². The number of anilines is 1. The van der Waals surface area contributed by atoms with Crippen molar-refractivity contribution in [2.45, 2.75) is 0 Å². The summed E-state index contributed by atoms with van der Waals surface area (Å²) in [6.07, 6.45) is 0.720. The Morgan fingerprint density at radius 2 is 2.05 bits per heavy atom. The van der Waals surface area contributed by atoms with Crippen molar-refractivity contribution in [3.05, 3.63) is 22.7 Å². The first kappa shape index (κ1) is 22.0. The average molecular weight is 313 g/mol. The van der Waals surface area contributed by atoms with E-state index in [-0.39, 0.29) is 72.6 Å². The van der Waals surface area contributed by atoms with Crippen LogP contribution in [0.3, 0.4) is 0 Å². The normalized spacial score (nSPS) is 10.2. The summed E-state index contributed by atoms with van der Waals surface area (Å²) in [6, 6.07) is 1.53. The number of rotatable bonds is 7. The molecule has 0 spiro atoms. The third-order valence-electron chi connectivity index (χ3n) is 1.45. The minimum atomic E-state index is -4.16. The fraction of sp³-hybridized carbons (Fsp3) is 0.429. The molecule has 9 nitrogen and oxygen atoms in total. The number of aromatic nitrogens is 2. The number of hydrogen-bond donors (Lipinski definition) is 4. The van der Waals surface area contributed by atoms with Crippen molar-refractivity contribution >= 4 is 72.5 Å². The van der Waals surface area contributed by atoms with Gasteiger partial charge in [-0.1, -0.05) is 0 Å². The van der Waals surface area contributed by atoms with Gasteiger partial charge in [-0.05, 0) is 6.07 Å². The predicted octanol–water partition coefficient (Wildman–Crippen LogP) is -2.03. The first-order chi connectivity index (χ1) is 7.97. The van der Waals surface area contributed by atoms with Crippen LogP contribution < -0.4 is 11.0 Å². The van der Waals surface area contributed by atoms with Crippen molar-refractivity contribution in [1.82, 2.24) is 9.97 Å². The van der Waals surface area contributed by atoms with Crippen molar-refractivity contribution in [2.75, 3.05) is 25.2 Å². The molecule has 0 aliphatic heterocycles. The summed E-state index contributed by atoms with van der Waals surface area (Å²) < 4.78 is 19.8. The number of nitrogens with one attached hydrogen (secondary N) is 2. The molecule has 12 heteroatoms. The van der Waals surface area contributed by atoms with E-state index in [1.807, 2.05) is 0 Å².